The Morgan fingerprint density at radius 3 is 2.30 bits per heavy atom. The number of likely N-dealkylation sites (N-methyl/N-ethyl adjacent to an activating group) is 1. The Morgan fingerprint density at radius 2 is 1.60 bits per heavy atom. The number of halogens is 1. The molecule has 1 unspecified atom stereocenters. The van der Waals surface area contributed by atoms with Crippen LogP contribution in [0.3, 0.4) is 0 Å². The van der Waals surface area contributed by atoms with Gasteiger partial charge in [-0.3, -0.25) is 33.7 Å². The van der Waals surface area contributed by atoms with Crippen molar-refractivity contribution in [3.8, 4) is 5.75 Å². The van der Waals surface area contributed by atoms with Crippen molar-refractivity contribution in [3.63, 3.8) is 0 Å². The lowest BCUT2D eigenvalue weighted by Crippen LogP contribution is -2.54. The molecule has 100 heavy (non-hydrogen) atoms. The zero-order valence-electron chi connectivity index (χ0n) is 56.7. The normalized spacial score (nSPS) is 15.1. The molecule has 4 atom stereocenters. The number of amides is 11. The van der Waals surface area contributed by atoms with E-state index in [-0.39, 0.29) is 134 Å². The van der Waals surface area contributed by atoms with Crippen molar-refractivity contribution < 1.29 is 81.8 Å². The lowest BCUT2D eigenvalue weighted by molar-refractivity contribution is -0.137. The molecule has 0 spiro atoms. The van der Waals surface area contributed by atoms with Gasteiger partial charge < -0.3 is 85.5 Å². The number of nitrogens with two attached hydrogens (primary N) is 1. The van der Waals surface area contributed by atoms with Crippen molar-refractivity contribution in [1.82, 2.24) is 60.5 Å². The van der Waals surface area contributed by atoms with Crippen LogP contribution in [0.4, 0.5) is 30.6 Å². The van der Waals surface area contributed by atoms with Gasteiger partial charge in [-0.1, -0.05) is 56.3 Å². The molecule has 538 valence electrons. The molecule has 5 aromatic rings. The van der Waals surface area contributed by atoms with Gasteiger partial charge in [0, 0.05) is 112 Å². The van der Waals surface area contributed by atoms with Gasteiger partial charge in [0.1, 0.15) is 42.6 Å². The number of carbonyl (C=O) groups is 10. The first-order valence-electron chi connectivity index (χ1n) is 32.8. The van der Waals surface area contributed by atoms with Crippen LogP contribution in [0.1, 0.15) is 109 Å². The standard InChI is InChI=1S/C67H86ClN15O17/c1-7-67(5,21-27-84)83-39-49(76-77-83)60(89)72-46-17-18-53-73-50(38-80(53)37-46)62(91)82-36-44(35-68)57-51(82)34-52(47-11-8-10-42(4)56(47)57)100-66(95)79(25-29-96-31-28-85)24-23-78(6)65(94)99-40-43-13-15-45(16-14-43)71-59(88)48(12-9-22-70-63(69)92)74-61(90)58(41(2)3)75-64(93)98-33-32-97-30-26-81-54(86)19-20-55(81)87/h8,10-11,13-16,19-20,34,37-39,41,44,48,58,84-85H,7,9,12,17-18,21-33,35-36,40H2,1-6H3,(H,71,88)(H,72,89)(H,74,90)(H,75,93)(H3,69,70,92)/t44-,48+,58+,67?/m1/s1. The number of nitrogens with one attached hydrogen (secondary N) is 5. The Bertz CT molecular complexity index is 3840. The lowest BCUT2D eigenvalue weighted by Gasteiger charge is -2.27. The van der Waals surface area contributed by atoms with Crippen molar-refractivity contribution in [2.75, 3.05) is 109 Å². The average Bonchev–Trinajstić information content (AvgIpc) is 1.56. The maximum atomic E-state index is 14.7. The number of imide groups is 1. The summed E-state index contributed by atoms with van der Waals surface area (Å²) in [5.41, 5.74) is 8.47. The van der Waals surface area contributed by atoms with E-state index in [2.05, 4.69) is 36.9 Å². The summed E-state index contributed by atoms with van der Waals surface area (Å²) in [4.78, 5) is 141. The smallest absolute Gasteiger partial charge is 0.415 e. The number of carbonyl (C=O) groups excluding carboxylic acids is 10. The predicted octanol–water partition coefficient (Wildman–Crippen LogP) is 4.24. The van der Waals surface area contributed by atoms with Gasteiger partial charge in [-0.25, -0.2) is 28.8 Å². The number of hydrogen-bond acceptors (Lipinski definition) is 20. The van der Waals surface area contributed by atoms with Crippen molar-refractivity contribution >= 4 is 99.7 Å². The molecular weight excluding hydrogens is 1320 g/mol. The van der Waals surface area contributed by atoms with Gasteiger partial charge in [0.15, 0.2) is 5.69 Å². The van der Waals surface area contributed by atoms with E-state index in [0.29, 0.717) is 59.5 Å². The predicted molar refractivity (Wildman–Crippen MR) is 364 cm³/mol. The van der Waals surface area contributed by atoms with E-state index in [1.54, 1.807) is 76.9 Å². The van der Waals surface area contributed by atoms with Crippen molar-refractivity contribution in [1.29, 1.82) is 0 Å². The van der Waals surface area contributed by atoms with E-state index in [1.165, 1.54) is 16.8 Å². The Hall–Kier alpha value is -10.0. The summed E-state index contributed by atoms with van der Waals surface area (Å²) in [5.74, 6) is -3.03. The molecule has 32 nitrogen and oxygen atoms in total. The summed E-state index contributed by atoms with van der Waals surface area (Å²) < 4.78 is 31.3. The maximum Gasteiger partial charge on any atom is 0.415 e. The monoisotopic (exact) mass is 1410 g/mol. The second kappa shape index (κ2) is 35.7. The summed E-state index contributed by atoms with van der Waals surface area (Å²) in [6, 6.07) is 10.4. The number of alkyl halides is 1. The number of aromatic nitrogens is 5. The van der Waals surface area contributed by atoms with Gasteiger partial charge in [0.2, 0.25) is 11.8 Å². The van der Waals surface area contributed by atoms with E-state index in [4.69, 9.17) is 46.0 Å². The minimum absolute atomic E-state index is 0.000374. The first-order valence-corrected chi connectivity index (χ1v) is 33.4. The topological polar surface area (TPSA) is 405 Å². The molecule has 9 N–H and O–H groups in total. The number of benzene rings is 3. The zero-order valence-corrected chi connectivity index (χ0v) is 57.4. The molecule has 3 aromatic carbocycles. The van der Waals surface area contributed by atoms with Gasteiger partial charge in [0.25, 0.3) is 23.6 Å². The Kier molecular flexibility index (Phi) is 27.0. The summed E-state index contributed by atoms with van der Waals surface area (Å²) in [5, 5.41) is 42.0. The minimum Gasteiger partial charge on any atom is -0.447 e. The molecule has 11 amide bonds. The molecule has 8 rings (SSSR count). The third kappa shape index (κ3) is 19.7. The van der Waals surface area contributed by atoms with E-state index in [1.807, 2.05) is 39.0 Å². The molecule has 0 aliphatic carbocycles. The molecule has 0 radical (unpaired) electrons. The number of primary amides is 1. The van der Waals surface area contributed by atoms with Crippen molar-refractivity contribution in [3.05, 3.63) is 113 Å². The highest BCUT2D eigenvalue weighted by Crippen LogP contribution is 2.47. The molecule has 3 aliphatic rings. The number of urea groups is 1. The number of nitrogens with zero attached hydrogens (tertiary/aromatic N) is 9. The number of aliphatic hydroxyl groups excluding tert-OH is 2. The molecule has 5 heterocycles. The van der Waals surface area contributed by atoms with Gasteiger partial charge in [0.05, 0.1) is 57.0 Å². The van der Waals surface area contributed by atoms with Crippen LogP contribution in [-0.4, -0.2) is 220 Å². The minimum atomic E-state index is -1.16. The maximum absolute atomic E-state index is 14.7. The third-order valence-corrected chi connectivity index (χ3v) is 17.6. The highest BCUT2D eigenvalue weighted by atomic mass is 35.5. The third-order valence-electron chi connectivity index (χ3n) is 17.2. The largest absolute Gasteiger partial charge is 0.447 e. The van der Waals surface area contributed by atoms with E-state index < -0.39 is 83.3 Å². The molecular formula is C67H86ClN15O17. The van der Waals surface area contributed by atoms with E-state index >= 15 is 0 Å². The summed E-state index contributed by atoms with van der Waals surface area (Å²) in [7, 11) is 1.49. The first-order chi connectivity index (χ1) is 47.9. The summed E-state index contributed by atoms with van der Waals surface area (Å²) in [6.45, 7) is 8.57. The highest BCUT2D eigenvalue weighted by molar-refractivity contribution is 6.19. The quantitative estimate of drug-likeness (QED) is 0.0160. The van der Waals surface area contributed by atoms with Gasteiger partial charge in [-0.15, -0.1) is 16.7 Å². The number of hydrogen-bond donors (Lipinski definition) is 8. The Labute approximate surface area is 581 Å². The molecule has 2 aromatic heterocycles. The Balaban J connectivity index is 0.870. The summed E-state index contributed by atoms with van der Waals surface area (Å²) in [6.07, 6.45) is 6.85. The second-order valence-corrected chi connectivity index (χ2v) is 24.9. The second-order valence-electron chi connectivity index (χ2n) is 24.6. The molecule has 0 saturated carbocycles. The van der Waals surface area contributed by atoms with Crippen LogP contribution in [0.5, 0.6) is 5.75 Å². The average molecular weight is 1410 g/mol. The SMILES string of the molecule is CCC(C)(CCO)n1cc(C(=O)NC2=Cn3cc(C(=O)N4C[C@@H](CCl)c5c4cc(OC(=O)N(CCOCCO)CCN(C)C(=O)OCc4ccc(NC(=O)[C@H](CCCNC(N)=O)NC(=O)[C@@H](NC(=O)OCCOCCN6C(=O)C=CC6=O)C(C)C)cc4)c4cccc(C)c54)nc3CC2)nn1. The van der Waals surface area contributed by atoms with Gasteiger partial charge in [-0.05, 0) is 86.1 Å². The van der Waals surface area contributed by atoms with Crippen LogP contribution in [0, 0.1) is 12.8 Å². The first kappa shape index (κ1) is 75.7. The van der Waals surface area contributed by atoms with Gasteiger partial charge in [-0.2, -0.15) is 0 Å². The highest BCUT2D eigenvalue weighted by Gasteiger charge is 2.38. The fraction of sp³-hybridized carbons (Fsp3) is 0.478. The van der Waals surface area contributed by atoms with E-state index in [0.717, 1.165) is 33.6 Å². The van der Waals surface area contributed by atoms with Crippen LogP contribution in [0.15, 0.2) is 78.8 Å². The number of ether oxygens (including phenoxy) is 5. The Morgan fingerprint density at radius 1 is 0.850 bits per heavy atom. The fourth-order valence-corrected chi connectivity index (χ4v) is 11.6. The van der Waals surface area contributed by atoms with Crippen LogP contribution in [-0.2, 0) is 56.7 Å². The molecule has 0 fully saturated rings. The number of anilines is 2. The molecule has 0 bridgehead atoms. The molecule has 33 heteroatoms. The van der Waals surface area contributed by atoms with Gasteiger partial charge >= 0.3 is 24.3 Å². The number of allylic oxidation sites excluding steroid dienone is 1. The number of aliphatic hydroxyl groups is 2. The van der Waals surface area contributed by atoms with Crippen LogP contribution in [0.2, 0.25) is 0 Å². The number of aryl methyl sites for hydroxylation is 2. The molecule has 0 saturated heterocycles. The molecule has 3 aliphatic heterocycles. The number of rotatable bonds is 35. The summed E-state index contributed by atoms with van der Waals surface area (Å²) >= 11 is 6.69. The van der Waals surface area contributed by atoms with Crippen LogP contribution in [0.25, 0.3) is 17.0 Å². The van der Waals surface area contributed by atoms with Crippen molar-refractivity contribution in [2.45, 2.75) is 103 Å². The van der Waals surface area contributed by atoms with Crippen LogP contribution >= 0.6 is 11.6 Å². The lowest BCUT2D eigenvalue weighted by atomic mass is 9.92. The van der Waals surface area contributed by atoms with Crippen molar-refractivity contribution in [2.24, 2.45) is 11.7 Å². The number of alkyl carbamates (subject to hydrolysis) is 1. The number of fused-ring (bicyclic) bond motifs is 4. The number of imidazole rings is 1. The fourth-order valence-electron chi connectivity index (χ4n) is 11.3. The zero-order chi connectivity index (χ0) is 72.2. The van der Waals surface area contributed by atoms with Crippen LogP contribution < -0.4 is 42.0 Å². The van der Waals surface area contributed by atoms with E-state index in [9.17, 15) is 58.2 Å².